The predicted octanol–water partition coefficient (Wildman–Crippen LogP) is 2.78. The number of carboxylic acid groups (broad SMARTS) is 1. The maximum absolute atomic E-state index is 13.4. The van der Waals surface area contributed by atoms with Crippen LogP contribution in [0.25, 0.3) is 6.08 Å². The molecule has 0 saturated heterocycles. The second kappa shape index (κ2) is 8.54. The van der Waals surface area contributed by atoms with Crippen molar-refractivity contribution >= 4 is 12.0 Å². The number of aliphatic carboxylic acids is 1. The molecule has 1 aromatic carbocycles. The molecule has 0 aromatic heterocycles. The van der Waals surface area contributed by atoms with Crippen molar-refractivity contribution in [2.24, 2.45) is 0 Å². The number of rotatable bonds is 8. The summed E-state index contributed by atoms with van der Waals surface area (Å²) in [4.78, 5) is 12.8. The molecule has 116 valence electrons. The zero-order valence-electron chi connectivity index (χ0n) is 12.7. The van der Waals surface area contributed by atoms with Gasteiger partial charge in [0.1, 0.15) is 5.82 Å². The van der Waals surface area contributed by atoms with Gasteiger partial charge in [0.05, 0.1) is 6.61 Å². The van der Waals surface area contributed by atoms with E-state index >= 15 is 0 Å². The molecule has 1 rings (SSSR count). The largest absolute Gasteiger partial charge is 0.478 e. The number of hydrogen-bond donors (Lipinski definition) is 1. The maximum atomic E-state index is 13.4. The zero-order chi connectivity index (χ0) is 15.8. The van der Waals surface area contributed by atoms with Crippen LogP contribution in [0.1, 0.15) is 25.0 Å². The molecule has 5 heteroatoms. The van der Waals surface area contributed by atoms with Crippen LogP contribution in [0, 0.1) is 5.82 Å². The predicted molar refractivity (Wildman–Crippen MR) is 80.5 cm³/mol. The summed E-state index contributed by atoms with van der Waals surface area (Å²) in [6.07, 6.45) is 2.45. The summed E-state index contributed by atoms with van der Waals surface area (Å²) in [6, 6.07) is 4.66. The lowest BCUT2D eigenvalue weighted by atomic mass is 10.1. The second-order valence-corrected chi connectivity index (χ2v) is 4.88. The molecule has 0 aliphatic rings. The number of ether oxygens (including phenoxy) is 1. The van der Waals surface area contributed by atoms with Crippen molar-refractivity contribution in [2.45, 2.75) is 26.4 Å². The molecule has 1 atom stereocenters. The van der Waals surface area contributed by atoms with E-state index in [1.54, 1.807) is 13.2 Å². The third kappa shape index (κ3) is 5.65. The number of methoxy groups -OCH3 is 1. The summed E-state index contributed by atoms with van der Waals surface area (Å²) in [6.45, 7) is 6.14. The van der Waals surface area contributed by atoms with E-state index < -0.39 is 5.97 Å². The van der Waals surface area contributed by atoms with Gasteiger partial charge in [-0.15, -0.1) is 0 Å². The minimum Gasteiger partial charge on any atom is -0.478 e. The second-order valence-electron chi connectivity index (χ2n) is 4.88. The molecular weight excluding hydrogens is 273 g/mol. The Morgan fingerprint density at radius 3 is 2.81 bits per heavy atom. The molecule has 0 fully saturated rings. The van der Waals surface area contributed by atoms with Gasteiger partial charge in [-0.3, -0.25) is 4.90 Å². The minimum atomic E-state index is -1.05. The van der Waals surface area contributed by atoms with Gasteiger partial charge in [0, 0.05) is 25.8 Å². The first-order chi connectivity index (χ1) is 9.97. The highest BCUT2D eigenvalue weighted by Gasteiger charge is 2.14. The van der Waals surface area contributed by atoms with Crippen LogP contribution in [0.3, 0.4) is 0 Å². The number of hydrogen-bond acceptors (Lipinski definition) is 3. The van der Waals surface area contributed by atoms with Gasteiger partial charge in [0.15, 0.2) is 0 Å². The highest BCUT2D eigenvalue weighted by Crippen LogP contribution is 2.17. The van der Waals surface area contributed by atoms with Crippen LogP contribution in [0.5, 0.6) is 0 Å². The maximum Gasteiger partial charge on any atom is 0.328 e. The topological polar surface area (TPSA) is 49.8 Å². The Kier molecular flexibility index (Phi) is 7.05. The van der Waals surface area contributed by atoms with Gasteiger partial charge in [-0.1, -0.05) is 13.0 Å². The lowest BCUT2D eigenvalue weighted by Gasteiger charge is -2.28. The average Bonchev–Trinajstić information content (AvgIpc) is 2.44. The Hall–Kier alpha value is -1.72. The lowest BCUT2D eigenvalue weighted by Crippen LogP contribution is -2.35. The molecule has 1 N–H and O–H groups in total. The van der Waals surface area contributed by atoms with Crippen molar-refractivity contribution in [1.82, 2.24) is 4.90 Å². The van der Waals surface area contributed by atoms with Crippen LogP contribution >= 0.6 is 0 Å². The molecule has 1 unspecified atom stereocenters. The Labute approximate surface area is 124 Å². The highest BCUT2D eigenvalue weighted by molar-refractivity contribution is 5.85. The summed E-state index contributed by atoms with van der Waals surface area (Å²) in [5.41, 5.74) is 1.47. The monoisotopic (exact) mass is 295 g/mol. The molecule has 21 heavy (non-hydrogen) atoms. The van der Waals surface area contributed by atoms with E-state index in [-0.39, 0.29) is 11.9 Å². The Morgan fingerprint density at radius 2 is 2.24 bits per heavy atom. The number of nitrogens with zero attached hydrogens (tertiary/aromatic N) is 1. The average molecular weight is 295 g/mol. The van der Waals surface area contributed by atoms with Gasteiger partial charge in [-0.05, 0) is 42.8 Å². The summed E-state index contributed by atoms with van der Waals surface area (Å²) in [7, 11) is 1.66. The van der Waals surface area contributed by atoms with Crippen molar-refractivity contribution in [3.8, 4) is 0 Å². The van der Waals surface area contributed by atoms with Crippen molar-refractivity contribution < 1.29 is 19.0 Å². The van der Waals surface area contributed by atoms with Crippen LogP contribution in [0.4, 0.5) is 4.39 Å². The number of likely N-dealkylation sites (N-methyl/N-ethyl adjacent to an activating group) is 1. The molecule has 0 saturated carbocycles. The van der Waals surface area contributed by atoms with Gasteiger partial charge in [-0.25, -0.2) is 9.18 Å². The number of benzene rings is 1. The summed E-state index contributed by atoms with van der Waals surface area (Å²) in [5.74, 6) is -1.43. The molecule has 0 spiro atoms. The molecule has 4 nitrogen and oxygen atoms in total. The van der Waals surface area contributed by atoms with E-state index in [1.165, 1.54) is 18.2 Å². The molecule has 1 aromatic rings. The first kappa shape index (κ1) is 17.3. The Morgan fingerprint density at radius 1 is 1.52 bits per heavy atom. The first-order valence-corrected chi connectivity index (χ1v) is 6.90. The summed E-state index contributed by atoms with van der Waals surface area (Å²) >= 11 is 0. The van der Waals surface area contributed by atoms with E-state index in [9.17, 15) is 9.18 Å². The summed E-state index contributed by atoms with van der Waals surface area (Å²) < 4.78 is 18.5. The first-order valence-electron chi connectivity index (χ1n) is 6.90. The number of carbonyl (C=O) groups is 1. The fourth-order valence-electron chi connectivity index (χ4n) is 2.17. The molecule has 0 aliphatic carbocycles. The minimum absolute atomic E-state index is 0.223. The fraction of sp³-hybridized carbons (Fsp3) is 0.438. The SMILES string of the molecule is CCN(Cc1ccc(F)cc1C=CC(=O)O)C(C)COC. The van der Waals surface area contributed by atoms with Crippen LogP contribution in [-0.4, -0.2) is 42.3 Å². The quantitative estimate of drug-likeness (QED) is 0.749. The normalized spacial score (nSPS) is 13.0. The molecule has 0 heterocycles. The standard InChI is InChI=1S/C16H22FNO3/c1-4-18(12(2)11-21-3)10-14-5-7-15(17)9-13(14)6-8-16(19)20/h5-9,12H,4,10-11H2,1-3H3,(H,19,20). The fourth-order valence-corrected chi connectivity index (χ4v) is 2.17. The molecule has 0 aliphatic heterocycles. The molecule has 0 amide bonds. The van der Waals surface area contributed by atoms with E-state index in [4.69, 9.17) is 9.84 Å². The van der Waals surface area contributed by atoms with Gasteiger partial charge in [-0.2, -0.15) is 0 Å². The van der Waals surface area contributed by atoms with Crippen LogP contribution < -0.4 is 0 Å². The van der Waals surface area contributed by atoms with Crippen LogP contribution in [0.2, 0.25) is 0 Å². The van der Waals surface area contributed by atoms with Crippen LogP contribution in [-0.2, 0) is 16.1 Å². The lowest BCUT2D eigenvalue weighted by molar-refractivity contribution is -0.131. The van der Waals surface area contributed by atoms with Gasteiger partial charge >= 0.3 is 5.97 Å². The molecule has 0 bridgehead atoms. The smallest absolute Gasteiger partial charge is 0.328 e. The number of halogens is 1. The van der Waals surface area contributed by atoms with Gasteiger partial charge in [0.25, 0.3) is 0 Å². The van der Waals surface area contributed by atoms with E-state index in [0.717, 1.165) is 18.2 Å². The molecule has 0 radical (unpaired) electrons. The summed E-state index contributed by atoms with van der Waals surface area (Å²) in [5, 5.41) is 8.71. The third-order valence-corrected chi connectivity index (χ3v) is 3.32. The van der Waals surface area contributed by atoms with Crippen molar-refractivity contribution in [2.75, 3.05) is 20.3 Å². The van der Waals surface area contributed by atoms with Crippen molar-refractivity contribution in [3.05, 3.63) is 41.2 Å². The Bertz CT molecular complexity index is 502. The van der Waals surface area contributed by atoms with E-state index in [2.05, 4.69) is 11.8 Å². The number of carboxylic acids is 1. The highest BCUT2D eigenvalue weighted by atomic mass is 19.1. The van der Waals surface area contributed by atoms with Crippen molar-refractivity contribution in [3.63, 3.8) is 0 Å². The van der Waals surface area contributed by atoms with E-state index in [0.29, 0.717) is 18.7 Å². The third-order valence-electron chi connectivity index (χ3n) is 3.32. The van der Waals surface area contributed by atoms with Crippen LogP contribution in [0.15, 0.2) is 24.3 Å². The van der Waals surface area contributed by atoms with Gasteiger partial charge in [0.2, 0.25) is 0 Å². The van der Waals surface area contributed by atoms with Gasteiger partial charge < -0.3 is 9.84 Å². The zero-order valence-corrected chi connectivity index (χ0v) is 12.7. The molecular formula is C16H22FNO3. The van der Waals surface area contributed by atoms with Crippen molar-refractivity contribution in [1.29, 1.82) is 0 Å². The Balaban J connectivity index is 2.97. The van der Waals surface area contributed by atoms with E-state index in [1.807, 2.05) is 6.92 Å².